The first-order chi connectivity index (χ1) is 9.11. The minimum Gasteiger partial charge on any atom is -0.380 e. The molecule has 0 unspecified atom stereocenters. The Labute approximate surface area is 122 Å². The molecule has 0 N–H and O–H groups in total. The Hall–Kier alpha value is -1.13. The molecule has 1 aliphatic heterocycles. The minimum atomic E-state index is 0.1000. The van der Waals surface area contributed by atoms with Crippen molar-refractivity contribution in [2.75, 3.05) is 31.7 Å². The average molecular weight is 324 g/mol. The van der Waals surface area contributed by atoms with Gasteiger partial charge in [-0.2, -0.15) is 0 Å². The molecule has 1 aromatic carbocycles. The molecular formula is C15H18BrNO2. The molecule has 0 aliphatic carbocycles. The maximum absolute atomic E-state index is 11.7. The van der Waals surface area contributed by atoms with Gasteiger partial charge in [0.05, 0.1) is 6.61 Å². The Morgan fingerprint density at radius 1 is 1.47 bits per heavy atom. The van der Waals surface area contributed by atoms with Gasteiger partial charge in [-0.15, -0.1) is 0 Å². The normalized spacial score (nSPS) is 15.3. The third-order valence-corrected chi connectivity index (χ3v) is 3.80. The molecule has 0 saturated heterocycles. The smallest absolute Gasteiger partial charge is 0.161 e. The van der Waals surface area contributed by atoms with Crippen LogP contribution in [0.3, 0.4) is 0 Å². The predicted molar refractivity (Wildman–Crippen MR) is 80.9 cm³/mol. The molecular weight excluding hydrogens is 306 g/mol. The van der Waals surface area contributed by atoms with E-state index in [9.17, 15) is 4.79 Å². The number of methoxy groups -OCH3 is 1. The Kier molecular flexibility index (Phi) is 4.77. The fourth-order valence-electron chi connectivity index (χ4n) is 2.31. The van der Waals surface area contributed by atoms with Crippen molar-refractivity contribution in [2.45, 2.75) is 13.3 Å². The number of benzene rings is 1. The highest BCUT2D eigenvalue weighted by Crippen LogP contribution is 2.27. The number of hydrogen-bond acceptors (Lipinski definition) is 3. The van der Waals surface area contributed by atoms with E-state index in [0.717, 1.165) is 35.2 Å². The number of ketones is 1. The number of carbonyl (C=O) groups excluding carboxylic acids is 1. The van der Waals surface area contributed by atoms with E-state index in [1.54, 1.807) is 14.0 Å². The predicted octanol–water partition coefficient (Wildman–Crippen LogP) is 3.43. The van der Waals surface area contributed by atoms with Crippen LogP contribution in [0.4, 0.5) is 5.69 Å². The van der Waals surface area contributed by atoms with Gasteiger partial charge in [-0.3, -0.25) is 4.79 Å². The third-order valence-electron chi connectivity index (χ3n) is 3.31. The summed E-state index contributed by atoms with van der Waals surface area (Å²) in [5.41, 5.74) is 3.13. The van der Waals surface area contributed by atoms with Crippen LogP contribution in [0.15, 0.2) is 34.3 Å². The molecule has 4 heteroatoms. The zero-order valence-corrected chi connectivity index (χ0v) is 12.9. The second-order valence-corrected chi connectivity index (χ2v) is 5.62. The molecule has 0 aromatic heterocycles. The summed E-state index contributed by atoms with van der Waals surface area (Å²) in [4.78, 5) is 14.0. The molecule has 0 atom stereocenters. The van der Waals surface area contributed by atoms with Crippen LogP contribution in [0.25, 0.3) is 0 Å². The quantitative estimate of drug-likeness (QED) is 0.628. The number of halogens is 1. The Balaban J connectivity index is 2.22. The number of rotatable bonds is 4. The molecule has 0 saturated carbocycles. The van der Waals surface area contributed by atoms with Crippen molar-refractivity contribution < 1.29 is 9.53 Å². The lowest BCUT2D eigenvalue weighted by molar-refractivity contribution is 0.101. The summed E-state index contributed by atoms with van der Waals surface area (Å²) < 4.78 is 6.09. The van der Waals surface area contributed by atoms with Crippen LogP contribution in [0, 0.1) is 0 Å². The molecule has 0 spiro atoms. The number of carbonyl (C=O) groups is 1. The monoisotopic (exact) mass is 323 g/mol. The third kappa shape index (κ3) is 3.45. The second kappa shape index (κ2) is 6.35. The van der Waals surface area contributed by atoms with Crippen molar-refractivity contribution in [2.24, 2.45) is 0 Å². The van der Waals surface area contributed by atoms with Crippen molar-refractivity contribution in [1.82, 2.24) is 0 Å². The molecule has 0 radical (unpaired) electrons. The van der Waals surface area contributed by atoms with Gasteiger partial charge in [-0.1, -0.05) is 22.0 Å². The van der Waals surface area contributed by atoms with Crippen LogP contribution in [0.2, 0.25) is 0 Å². The Bertz CT molecular complexity index is 511. The largest absolute Gasteiger partial charge is 0.380 e. The van der Waals surface area contributed by atoms with Gasteiger partial charge < -0.3 is 9.64 Å². The molecule has 1 aromatic rings. The number of hydrogen-bond donors (Lipinski definition) is 0. The molecule has 0 fully saturated rings. The van der Waals surface area contributed by atoms with Gasteiger partial charge in [0.15, 0.2) is 5.78 Å². The summed E-state index contributed by atoms with van der Waals surface area (Å²) in [5, 5.41) is 0. The Morgan fingerprint density at radius 2 is 2.26 bits per heavy atom. The van der Waals surface area contributed by atoms with Crippen LogP contribution in [-0.2, 0) is 4.74 Å². The molecule has 3 nitrogen and oxygen atoms in total. The highest BCUT2D eigenvalue weighted by molar-refractivity contribution is 9.10. The van der Waals surface area contributed by atoms with Crippen molar-refractivity contribution in [3.63, 3.8) is 0 Å². The highest BCUT2D eigenvalue weighted by Gasteiger charge is 2.17. The van der Waals surface area contributed by atoms with Gasteiger partial charge in [0.2, 0.25) is 0 Å². The maximum Gasteiger partial charge on any atom is 0.161 e. The fourth-order valence-corrected chi connectivity index (χ4v) is 2.67. The molecule has 19 heavy (non-hydrogen) atoms. The summed E-state index contributed by atoms with van der Waals surface area (Å²) in [5.74, 6) is 0.1000. The molecule has 102 valence electrons. The van der Waals surface area contributed by atoms with Gasteiger partial charge >= 0.3 is 0 Å². The van der Waals surface area contributed by atoms with E-state index < -0.39 is 0 Å². The fraction of sp³-hybridized carbons (Fsp3) is 0.400. The van der Waals surface area contributed by atoms with Crippen molar-refractivity contribution in [1.29, 1.82) is 0 Å². The summed E-state index contributed by atoms with van der Waals surface area (Å²) >= 11 is 3.42. The number of nitrogens with zero attached hydrogens (tertiary/aromatic N) is 1. The first-order valence-electron chi connectivity index (χ1n) is 6.34. The average Bonchev–Trinajstić information content (AvgIpc) is 2.40. The van der Waals surface area contributed by atoms with Crippen molar-refractivity contribution in [3.05, 3.63) is 39.9 Å². The number of anilines is 1. The Morgan fingerprint density at radius 3 is 2.84 bits per heavy atom. The van der Waals surface area contributed by atoms with Crippen LogP contribution < -0.4 is 4.90 Å². The molecule has 0 amide bonds. The lowest BCUT2D eigenvalue weighted by Gasteiger charge is -2.29. The van der Waals surface area contributed by atoms with Crippen LogP contribution in [0.1, 0.15) is 23.7 Å². The molecule has 1 aliphatic rings. The lowest BCUT2D eigenvalue weighted by Crippen LogP contribution is -2.30. The highest BCUT2D eigenvalue weighted by atomic mass is 79.9. The van der Waals surface area contributed by atoms with Crippen LogP contribution in [-0.4, -0.2) is 32.6 Å². The van der Waals surface area contributed by atoms with Gasteiger partial charge in [-0.05, 0) is 37.1 Å². The zero-order valence-electron chi connectivity index (χ0n) is 11.3. The van der Waals surface area contributed by atoms with Crippen molar-refractivity contribution >= 4 is 27.4 Å². The second-order valence-electron chi connectivity index (χ2n) is 4.71. The van der Waals surface area contributed by atoms with E-state index in [2.05, 4.69) is 26.9 Å². The summed E-state index contributed by atoms with van der Waals surface area (Å²) in [6, 6.07) is 5.89. The first-order valence-corrected chi connectivity index (χ1v) is 7.13. The van der Waals surface area contributed by atoms with Gasteiger partial charge in [0, 0.05) is 35.9 Å². The minimum absolute atomic E-state index is 0.1000. The van der Waals surface area contributed by atoms with Gasteiger partial charge in [-0.25, -0.2) is 0 Å². The van der Waals surface area contributed by atoms with Crippen LogP contribution >= 0.6 is 15.9 Å². The summed E-state index contributed by atoms with van der Waals surface area (Å²) in [7, 11) is 1.72. The van der Waals surface area contributed by atoms with Crippen molar-refractivity contribution in [3.8, 4) is 0 Å². The lowest BCUT2D eigenvalue weighted by atomic mass is 10.0. The standard InChI is InChI=1S/C15H18BrNO2/c1-11(18)14-9-13(16)3-4-15(14)17-7-5-12(6-8-17)10-19-2/h3-5,9H,6-8,10H2,1-2H3. The van der Waals surface area contributed by atoms with E-state index in [4.69, 9.17) is 4.74 Å². The van der Waals surface area contributed by atoms with Gasteiger partial charge in [0.25, 0.3) is 0 Å². The van der Waals surface area contributed by atoms with Crippen LogP contribution in [0.5, 0.6) is 0 Å². The summed E-state index contributed by atoms with van der Waals surface area (Å²) in [6.45, 7) is 4.08. The topological polar surface area (TPSA) is 29.5 Å². The molecule has 2 rings (SSSR count). The molecule has 1 heterocycles. The first kappa shape index (κ1) is 14.3. The van der Waals surface area contributed by atoms with E-state index in [-0.39, 0.29) is 5.78 Å². The zero-order chi connectivity index (χ0) is 13.8. The SMILES string of the molecule is COCC1=CCN(c2ccc(Br)cc2C(C)=O)CC1. The maximum atomic E-state index is 11.7. The van der Waals surface area contributed by atoms with E-state index >= 15 is 0 Å². The van der Waals surface area contributed by atoms with Gasteiger partial charge in [0.1, 0.15) is 0 Å². The van der Waals surface area contributed by atoms with E-state index in [1.165, 1.54) is 5.57 Å². The summed E-state index contributed by atoms with van der Waals surface area (Å²) in [6.07, 6.45) is 3.18. The number of Topliss-reactive ketones (excluding diaryl/α,β-unsaturated/α-hetero) is 1. The van der Waals surface area contributed by atoms with E-state index in [1.807, 2.05) is 18.2 Å². The number of ether oxygens (including phenoxy) is 1. The van der Waals surface area contributed by atoms with E-state index in [0.29, 0.717) is 6.61 Å². The molecule has 0 bridgehead atoms.